The summed E-state index contributed by atoms with van der Waals surface area (Å²) in [7, 11) is 0. The first-order chi connectivity index (χ1) is 11.3. The highest BCUT2D eigenvalue weighted by Gasteiger charge is 2.30. The van der Waals surface area contributed by atoms with Gasteiger partial charge in [0.05, 0.1) is 5.69 Å². The quantitative estimate of drug-likeness (QED) is 0.781. The Morgan fingerprint density at radius 1 is 1.17 bits per heavy atom. The topological polar surface area (TPSA) is 67.0 Å². The smallest absolute Gasteiger partial charge is 0.235 e. The van der Waals surface area contributed by atoms with Crippen LogP contribution in [0.4, 0.5) is 5.69 Å². The van der Waals surface area contributed by atoms with Gasteiger partial charge < -0.3 is 10.1 Å². The molecule has 3 aromatic rings. The molecule has 1 atom stereocenters. The molecule has 23 heavy (non-hydrogen) atoms. The molecular weight excluding hydrogens is 290 g/mol. The summed E-state index contributed by atoms with van der Waals surface area (Å²) in [6.45, 7) is 0.380. The van der Waals surface area contributed by atoms with Gasteiger partial charge in [0.2, 0.25) is 5.91 Å². The van der Waals surface area contributed by atoms with Gasteiger partial charge in [-0.1, -0.05) is 30.3 Å². The van der Waals surface area contributed by atoms with Crippen LogP contribution in [0.2, 0.25) is 0 Å². The number of benzene rings is 2. The first kappa shape index (κ1) is 13.6. The molecule has 1 aliphatic heterocycles. The van der Waals surface area contributed by atoms with Crippen molar-refractivity contribution in [3.8, 4) is 17.0 Å². The van der Waals surface area contributed by atoms with E-state index in [4.69, 9.17) is 4.74 Å². The van der Waals surface area contributed by atoms with Gasteiger partial charge in [0.15, 0.2) is 0 Å². The van der Waals surface area contributed by atoms with Gasteiger partial charge in [0.25, 0.3) is 0 Å². The first-order valence-corrected chi connectivity index (χ1v) is 7.44. The standard InChI is InChI=1S/C18H15N3O2/c22-18(15-11-23-17-7-2-1-6-14(15)17)20-13-5-3-4-12(10-13)16-8-9-19-21-16/h1-10,15H,11H2,(H,19,21)(H,20,22)/t15-/m1/s1. The fraction of sp³-hybridized carbons (Fsp3) is 0.111. The third-order valence-corrected chi connectivity index (χ3v) is 3.96. The van der Waals surface area contributed by atoms with E-state index in [2.05, 4.69) is 15.5 Å². The zero-order chi connectivity index (χ0) is 15.6. The van der Waals surface area contributed by atoms with Gasteiger partial charge in [0, 0.05) is 23.0 Å². The molecule has 0 saturated heterocycles. The van der Waals surface area contributed by atoms with E-state index in [1.165, 1.54) is 0 Å². The lowest BCUT2D eigenvalue weighted by Gasteiger charge is -2.11. The maximum absolute atomic E-state index is 12.6. The fourth-order valence-corrected chi connectivity index (χ4v) is 2.79. The maximum atomic E-state index is 12.6. The van der Waals surface area contributed by atoms with Crippen molar-refractivity contribution >= 4 is 11.6 Å². The van der Waals surface area contributed by atoms with Crippen molar-refractivity contribution in [3.05, 3.63) is 66.4 Å². The van der Waals surface area contributed by atoms with Crippen LogP contribution in [0.3, 0.4) is 0 Å². The molecule has 2 heterocycles. The summed E-state index contributed by atoms with van der Waals surface area (Å²) < 4.78 is 5.58. The normalized spacial score (nSPS) is 15.7. The summed E-state index contributed by atoms with van der Waals surface area (Å²) in [5, 5.41) is 9.84. The Bertz CT molecular complexity index is 843. The largest absolute Gasteiger partial charge is 0.492 e. The van der Waals surface area contributed by atoms with Crippen molar-refractivity contribution in [1.82, 2.24) is 10.2 Å². The zero-order valence-corrected chi connectivity index (χ0v) is 12.3. The number of nitrogens with one attached hydrogen (secondary N) is 2. The second-order valence-corrected chi connectivity index (χ2v) is 5.44. The molecule has 1 aliphatic rings. The van der Waals surface area contributed by atoms with Crippen molar-refractivity contribution in [3.63, 3.8) is 0 Å². The van der Waals surface area contributed by atoms with Crippen molar-refractivity contribution in [2.45, 2.75) is 5.92 Å². The number of carbonyl (C=O) groups is 1. The van der Waals surface area contributed by atoms with Crippen LogP contribution in [-0.2, 0) is 4.79 Å². The van der Waals surface area contributed by atoms with E-state index in [-0.39, 0.29) is 11.8 Å². The Balaban J connectivity index is 1.55. The number of carbonyl (C=O) groups excluding carboxylic acids is 1. The molecule has 0 unspecified atom stereocenters. The molecule has 0 spiro atoms. The van der Waals surface area contributed by atoms with Crippen LogP contribution < -0.4 is 10.1 Å². The Kier molecular flexibility index (Phi) is 3.31. The lowest BCUT2D eigenvalue weighted by molar-refractivity contribution is -0.117. The number of ether oxygens (including phenoxy) is 1. The molecule has 1 aromatic heterocycles. The van der Waals surface area contributed by atoms with Gasteiger partial charge in [-0.3, -0.25) is 9.89 Å². The fourth-order valence-electron chi connectivity index (χ4n) is 2.79. The Labute approximate surface area is 133 Å². The third-order valence-electron chi connectivity index (χ3n) is 3.96. The summed E-state index contributed by atoms with van der Waals surface area (Å²) in [5.41, 5.74) is 3.58. The molecule has 5 nitrogen and oxygen atoms in total. The van der Waals surface area contributed by atoms with Crippen LogP contribution in [0.25, 0.3) is 11.3 Å². The molecule has 0 aliphatic carbocycles. The van der Waals surface area contributed by atoms with E-state index < -0.39 is 0 Å². The maximum Gasteiger partial charge on any atom is 0.235 e. The van der Waals surface area contributed by atoms with E-state index in [1.807, 2.05) is 54.6 Å². The van der Waals surface area contributed by atoms with Crippen LogP contribution in [-0.4, -0.2) is 22.7 Å². The summed E-state index contributed by atoms with van der Waals surface area (Å²) in [6, 6.07) is 17.2. The van der Waals surface area contributed by atoms with Crippen LogP contribution >= 0.6 is 0 Å². The zero-order valence-electron chi connectivity index (χ0n) is 12.3. The molecule has 0 bridgehead atoms. The minimum absolute atomic E-state index is 0.0586. The molecule has 0 saturated carbocycles. The molecule has 4 rings (SSSR count). The van der Waals surface area contributed by atoms with E-state index in [1.54, 1.807) is 6.20 Å². The SMILES string of the molecule is O=C(Nc1cccc(-c2ccn[nH]2)c1)[C@@H]1COc2ccccc21. The number of rotatable bonds is 3. The molecule has 114 valence electrons. The Morgan fingerprint density at radius 3 is 2.96 bits per heavy atom. The Hall–Kier alpha value is -3.08. The van der Waals surface area contributed by atoms with Gasteiger partial charge in [-0.25, -0.2) is 0 Å². The number of hydrogen-bond donors (Lipinski definition) is 2. The summed E-state index contributed by atoms with van der Waals surface area (Å²) in [4.78, 5) is 12.6. The number of aromatic nitrogens is 2. The second kappa shape index (κ2) is 5.61. The highest BCUT2D eigenvalue weighted by atomic mass is 16.5. The number of amides is 1. The minimum atomic E-state index is -0.276. The van der Waals surface area contributed by atoms with Crippen LogP contribution in [0.15, 0.2) is 60.8 Å². The number of anilines is 1. The van der Waals surface area contributed by atoms with Gasteiger partial charge in [-0.15, -0.1) is 0 Å². The predicted octanol–water partition coefficient (Wildman–Crippen LogP) is 3.19. The van der Waals surface area contributed by atoms with Crippen molar-refractivity contribution < 1.29 is 9.53 Å². The van der Waals surface area contributed by atoms with E-state index in [0.717, 1.165) is 28.3 Å². The number of H-pyrrole nitrogens is 1. The van der Waals surface area contributed by atoms with E-state index in [9.17, 15) is 4.79 Å². The van der Waals surface area contributed by atoms with Crippen LogP contribution in [0.1, 0.15) is 11.5 Å². The van der Waals surface area contributed by atoms with Crippen molar-refractivity contribution in [1.29, 1.82) is 0 Å². The van der Waals surface area contributed by atoms with E-state index >= 15 is 0 Å². The number of aromatic amines is 1. The lowest BCUT2D eigenvalue weighted by Crippen LogP contribution is -2.22. The monoisotopic (exact) mass is 305 g/mol. The van der Waals surface area contributed by atoms with Crippen molar-refractivity contribution in [2.75, 3.05) is 11.9 Å². The summed E-state index contributed by atoms with van der Waals surface area (Å²) >= 11 is 0. The molecule has 0 radical (unpaired) electrons. The predicted molar refractivity (Wildman–Crippen MR) is 87.3 cm³/mol. The van der Waals surface area contributed by atoms with E-state index in [0.29, 0.717) is 6.61 Å². The van der Waals surface area contributed by atoms with Gasteiger partial charge in [-0.2, -0.15) is 5.10 Å². The average Bonchev–Trinajstić information content (AvgIpc) is 3.25. The number of fused-ring (bicyclic) bond motifs is 1. The second-order valence-electron chi connectivity index (χ2n) is 5.44. The lowest BCUT2D eigenvalue weighted by atomic mass is 10.0. The highest BCUT2D eigenvalue weighted by molar-refractivity contribution is 5.97. The molecular formula is C18H15N3O2. The van der Waals surface area contributed by atoms with Crippen LogP contribution in [0, 0.1) is 0 Å². The molecule has 2 N–H and O–H groups in total. The molecule has 1 amide bonds. The summed E-state index contributed by atoms with van der Waals surface area (Å²) in [5.74, 6) is 0.456. The number of nitrogens with zero attached hydrogens (tertiary/aromatic N) is 1. The summed E-state index contributed by atoms with van der Waals surface area (Å²) in [6.07, 6.45) is 1.70. The Morgan fingerprint density at radius 2 is 2.09 bits per heavy atom. The molecule has 5 heteroatoms. The molecule has 0 fully saturated rings. The average molecular weight is 305 g/mol. The first-order valence-electron chi connectivity index (χ1n) is 7.44. The van der Waals surface area contributed by atoms with Gasteiger partial charge >= 0.3 is 0 Å². The number of para-hydroxylation sites is 1. The number of hydrogen-bond acceptors (Lipinski definition) is 3. The highest BCUT2D eigenvalue weighted by Crippen LogP contribution is 2.34. The minimum Gasteiger partial charge on any atom is -0.492 e. The molecule has 2 aromatic carbocycles. The van der Waals surface area contributed by atoms with Gasteiger partial charge in [-0.05, 0) is 24.3 Å². The van der Waals surface area contributed by atoms with Crippen LogP contribution in [0.5, 0.6) is 5.75 Å². The third kappa shape index (κ3) is 2.57. The van der Waals surface area contributed by atoms with Gasteiger partial charge in [0.1, 0.15) is 18.3 Å². The van der Waals surface area contributed by atoms with Crippen molar-refractivity contribution in [2.24, 2.45) is 0 Å².